The molecule has 2 heteroatoms. The summed E-state index contributed by atoms with van der Waals surface area (Å²) >= 11 is 0. The Labute approximate surface area is 96.8 Å². The molecule has 16 heavy (non-hydrogen) atoms. The van der Waals surface area contributed by atoms with Gasteiger partial charge in [0.15, 0.2) is 0 Å². The molecule has 0 unspecified atom stereocenters. The summed E-state index contributed by atoms with van der Waals surface area (Å²) in [4.78, 5) is 0. The van der Waals surface area contributed by atoms with Gasteiger partial charge in [0.1, 0.15) is 5.75 Å². The molecule has 0 aromatic heterocycles. The van der Waals surface area contributed by atoms with Crippen LogP contribution in [0.2, 0.25) is 0 Å². The van der Waals surface area contributed by atoms with Crippen LogP contribution in [0.25, 0.3) is 0 Å². The van der Waals surface area contributed by atoms with Gasteiger partial charge in [-0.05, 0) is 48.8 Å². The summed E-state index contributed by atoms with van der Waals surface area (Å²) in [5.74, 6) is 1.82. The average molecular weight is 217 g/mol. The maximum Gasteiger partial charge on any atom is 0.122 e. The van der Waals surface area contributed by atoms with Crippen LogP contribution >= 0.6 is 0 Å². The fraction of sp³-hybridized carbons (Fsp3) is 0.571. The van der Waals surface area contributed by atoms with E-state index in [0.29, 0.717) is 0 Å². The third-order valence-corrected chi connectivity index (χ3v) is 4.11. The Morgan fingerprint density at radius 2 is 2.12 bits per heavy atom. The molecule has 86 valence electrons. The van der Waals surface area contributed by atoms with Gasteiger partial charge >= 0.3 is 0 Å². The molecule has 2 aliphatic carbocycles. The van der Waals surface area contributed by atoms with Crippen LogP contribution in [0.4, 0.5) is 0 Å². The number of ether oxygens (including phenoxy) is 1. The molecule has 1 aromatic carbocycles. The summed E-state index contributed by atoms with van der Waals surface area (Å²) < 4.78 is 5.51. The molecule has 0 spiro atoms. The first kappa shape index (κ1) is 10.2. The standard InChI is InChI=1S/C14H19NO/c1-16-13-8-11(14(9-15)6-7-14)4-5-12(13)10-2-3-10/h4-5,8,10H,2-3,6-7,9,15H2,1H3. The Morgan fingerprint density at radius 1 is 1.38 bits per heavy atom. The molecule has 0 aliphatic heterocycles. The van der Waals surface area contributed by atoms with Gasteiger partial charge < -0.3 is 10.5 Å². The smallest absolute Gasteiger partial charge is 0.122 e. The van der Waals surface area contributed by atoms with Gasteiger partial charge in [-0.15, -0.1) is 0 Å². The number of rotatable bonds is 4. The Bertz CT molecular complexity index is 405. The van der Waals surface area contributed by atoms with Crippen molar-refractivity contribution >= 4 is 0 Å². The van der Waals surface area contributed by atoms with Gasteiger partial charge in [0, 0.05) is 12.0 Å². The molecule has 0 amide bonds. The lowest BCUT2D eigenvalue weighted by atomic mass is 9.94. The molecule has 0 radical (unpaired) electrons. The van der Waals surface area contributed by atoms with Gasteiger partial charge in [-0.3, -0.25) is 0 Å². The van der Waals surface area contributed by atoms with E-state index in [1.54, 1.807) is 7.11 Å². The van der Waals surface area contributed by atoms with E-state index in [0.717, 1.165) is 18.2 Å². The summed E-state index contributed by atoms with van der Waals surface area (Å²) in [5, 5.41) is 0. The van der Waals surface area contributed by atoms with E-state index in [4.69, 9.17) is 10.5 Å². The molecule has 2 saturated carbocycles. The summed E-state index contributed by atoms with van der Waals surface area (Å²) in [5.41, 5.74) is 8.89. The monoisotopic (exact) mass is 217 g/mol. The van der Waals surface area contributed by atoms with Crippen molar-refractivity contribution in [1.29, 1.82) is 0 Å². The van der Waals surface area contributed by atoms with E-state index in [-0.39, 0.29) is 5.41 Å². The summed E-state index contributed by atoms with van der Waals surface area (Å²) in [7, 11) is 1.77. The van der Waals surface area contributed by atoms with Gasteiger partial charge in [0.05, 0.1) is 7.11 Å². The molecule has 0 bridgehead atoms. The van der Waals surface area contributed by atoms with Crippen LogP contribution in [0.1, 0.15) is 42.7 Å². The Morgan fingerprint density at radius 3 is 2.62 bits per heavy atom. The first-order valence-electron chi connectivity index (χ1n) is 6.17. The van der Waals surface area contributed by atoms with Crippen molar-refractivity contribution in [1.82, 2.24) is 0 Å². The number of benzene rings is 1. The van der Waals surface area contributed by atoms with Crippen molar-refractivity contribution in [3.05, 3.63) is 29.3 Å². The van der Waals surface area contributed by atoms with Gasteiger partial charge in [-0.2, -0.15) is 0 Å². The maximum absolute atomic E-state index is 5.86. The highest BCUT2D eigenvalue weighted by Gasteiger charge is 2.43. The molecule has 2 aliphatic rings. The number of nitrogens with two attached hydrogens (primary N) is 1. The van der Waals surface area contributed by atoms with Gasteiger partial charge in [-0.25, -0.2) is 0 Å². The number of hydrogen-bond acceptors (Lipinski definition) is 2. The first-order valence-corrected chi connectivity index (χ1v) is 6.17. The van der Waals surface area contributed by atoms with Gasteiger partial charge in [0.2, 0.25) is 0 Å². The van der Waals surface area contributed by atoms with Crippen LogP contribution in [-0.2, 0) is 5.41 Å². The molecule has 0 heterocycles. The predicted molar refractivity (Wildman–Crippen MR) is 64.9 cm³/mol. The van der Waals surface area contributed by atoms with Crippen LogP contribution in [-0.4, -0.2) is 13.7 Å². The summed E-state index contributed by atoms with van der Waals surface area (Å²) in [6.45, 7) is 0.763. The Hall–Kier alpha value is -1.02. The quantitative estimate of drug-likeness (QED) is 0.841. The van der Waals surface area contributed by atoms with Crippen molar-refractivity contribution in [2.24, 2.45) is 5.73 Å². The molecule has 2 N–H and O–H groups in total. The highest BCUT2D eigenvalue weighted by molar-refractivity contribution is 5.46. The number of methoxy groups -OCH3 is 1. The van der Waals surface area contributed by atoms with Crippen LogP contribution in [0.3, 0.4) is 0 Å². The maximum atomic E-state index is 5.86. The highest BCUT2D eigenvalue weighted by Crippen LogP contribution is 2.50. The van der Waals surface area contributed by atoms with E-state index in [2.05, 4.69) is 18.2 Å². The van der Waals surface area contributed by atoms with Crippen molar-refractivity contribution in [2.75, 3.05) is 13.7 Å². The third-order valence-electron chi connectivity index (χ3n) is 4.11. The lowest BCUT2D eigenvalue weighted by Gasteiger charge is -2.16. The molecule has 0 atom stereocenters. The minimum absolute atomic E-state index is 0.273. The topological polar surface area (TPSA) is 35.2 Å². The van der Waals surface area contributed by atoms with Crippen LogP contribution < -0.4 is 10.5 Å². The lowest BCUT2D eigenvalue weighted by Crippen LogP contribution is -2.19. The average Bonchev–Trinajstić information content (AvgIpc) is 3.19. The molecule has 2 fully saturated rings. The normalized spacial score (nSPS) is 21.9. The third kappa shape index (κ3) is 1.52. The number of hydrogen-bond donors (Lipinski definition) is 1. The SMILES string of the molecule is COc1cc(C2(CN)CC2)ccc1C1CC1. The zero-order valence-corrected chi connectivity index (χ0v) is 9.83. The Balaban J connectivity index is 1.96. The van der Waals surface area contributed by atoms with Crippen LogP contribution in [0, 0.1) is 0 Å². The summed E-state index contributed by atoms with van der Waals surface area (Å²) in [6, 6.07) is 6.73. The van der Waals surface area contributed by atoms with Crippen molar-refractivity contribution in [2.45, 2.75) is 37.0 Å². The molecule has 0 saturated heterocycles. The molecular weight excluding hydrogens is 198 g/mol. The van der Waals surface area contributed by atoms with Crippen LogP contribution in [0.5, 0.6) is 5.75 Å². The molecule has 2 nitrogen and oxygen atoms in total. The largest absolute Gasteiger partial charge is 0.496 e. The van der Waals surface area contributed by atoms with Crippen molar-refractivity contribution < 1.29 is 4.74 Å². The highest BCUT2D eigenvalue weighted by atomic mass is 16.5. The van der Waals surface area contributed by atoms with E-state index in [1.165, 1.54) is 36.8 Å². The second kappa shape index (κ2) is 3.49. The lowest BCUT2D eigenvalue weighted by molar-refractivity contribution is 0.408. The molecular formula is C14H19NO. The second-order valence-corrected chi connectivity index (χ2v) is 5.22. The van der Waals surface area contributed by atoms with E-state index >= 15 is 0 Å². The van der Waals surface area contributed by atoms with Crippen molar-refractivity contribution in [3.63, 3.8) is 0 Å². The van der Waals surface area contributed by atoms with Gasteiger partial charge in [0.25, 0.3) is 0 Å². The predicted octanol–water partition coefficient (Wildman–Crippen LogP) is 2.56. The zero-order valence-electron chi connectivity index (χ0n) is 9.83. The van der Waals surface area contributed by atoms with Crippen molar-refractivity contribution in [3.8, 4) is 5.75 Å². The zero-order chi connectivity index (χ0) is 11.2. The summed E-state index contributed by atoms with van der Waals surface area (Å²) in [6.07, 6.45) is 5.10. The fourth-order valence-corrected chi connectivity index (χ4v) is 2.53. The molecule has 3 rings (SSSR count). The minimum Gasteiger partial charge on any atom is -0.496 e. The van der Waals surface area contributed by atoms with E-state index in [1.807, 2.05) is 0 Å². The minimum atomic E-state index is 0.273. The fourth-order valence-electron chi connectivity index (χ4n) is 2.53. The van der Waals surface area contributed by atoms with Crippen LogP contribution in [0.15, 0.2) is 18.2 Å². The Kier molecular flexibility index (Phi) is 2.21. The second-order valence-electron chi connectivity index (χ2n) is 5.22. The van der Waals surface area contributed by atoms with Gasteiger partial charge in [-0.1, -0.05) is 12.1 Å². The molecule has 1 aromatic rings. The van der Waals surface area contributed by atoms with E-state index in [9.17, 15) is 0 Å². The van der Waals surface area contributed by atoms with E-state index < -0.39 is 0 Å². The first-order chi connectivity index (χ1) is 7.79.